The molecule has 2 aromatic heterocycles. The number of hydrogen-bond donors (Lipinski definition) is 2. The lowest BCUT2D eigenvalue weighted by molar-refractivity contribution is 0.632. The molecule has 0 bridgehead atoms. The van der Waals surface area contributed by atoms with Crippen molar-refractivity contribution in [1.82, 2.24) is 35.2 Å². The van der Waals surface area contributed by atoms with Crippen LogP contribution in [0, 0.1) is 0 Å². The maximum atomic E-state index is 4.71. The minimum Gasteiger partial charge on any atom is -0.357 e. The van der Waals surface area contributed by atoms with Crippen LogP contribution in [0.2, 0.25) is 0 Å². The van der Waals surface area contributed by atoms with Crippen LogP contribution < -0.4 is 10.6 Å². The fraction of sp³-hybridized carbons (Fsp3) is 0.400. The van der Waals surface area contributed by atoms with Crippen molar-refractivity contribution in [3.63, 3.8) is 0 Å². The van der Waals surface area contributed by atoms with E-state index in [1.807, 2.05) is 16.9 Å². The van der Waals surface area contributed by atoms with Crippen LogP contribution in [0.5, 0.6) is 0 Å². The summed E-state index contributed by atoms with van der Waals surface area (Å²) in [6.45, 7) is 7.92. The smallest absolute Gasteiger partial charge is 0.191 e. The number of aryl methyl sites for hydroxylation is 1. The van der Waals surface area contributed by atoms with Crippen molar-refractivity contribution < 1.29 is 0 Å². The zero-order valence-corrected chi connectivity index (χ0v) is 16.5. The zero-order valence-electron chi connectivity index (χ0n) is 16.5. The molecule has 0 amide bonds. The molecule has 0 aliphatic carbocycles. The number of rotatable bonds is 9. The van der Waals surface area contributed by atoms with Crippen LogP contribution in [0.3, 0.4) is 0 Å². The molecule has 2 N–H and O–H groups in total. The summed E-state index contributed by atoms with van der Waals surface area (Å²) >= 11 is 0. The molecule has 28 heavy (non-hydrogen) atoms. The summed E-state index contributed by atoms with van der Waals surface area (Å²) in [6.07, 6.45) is 6.42. The van der Waals surface area contributed by atoms with E-state index < -0.39 is 0 Å². The molecular weight excluding hydrogens is 352 g/mol. The van der Waals surface area contributed by atoms with Gasteiger partial charge < -0.3 is 15.2 Å². The largest absolute Gasteiger partial charge is 0.357 e. The van der Waals surface area contributed by atoms with Crippen LogP contribution in [0.4, 0.5) is 0 Å². The molecule has 0 aliphatic rings. The summed E-state index contributed by atoms with van der Waals surface area (Å²) in [7, 11) is 0. The van der Waals surface area contributed by atoms with Gasteiger partial charge in [-0.15, -0.1) is 10.2 Å². The van der Waals surface area contributed by atoms with Gasteiger partial charge in [0.2, 0.25) is 0 Å². The van der Waals surface area contributed by atoms with Crippen LogP contribution >= 0.6 is 0 Å². The highest BCUT2D eigenvalue weighted by Gasteiger charge is 2.03. The van der Waals surface area contributed by atoms with E-state index in [0.717, 1.165) is 44.4 Å². The molecule has 2 heterocycles. The quantitative estimate of drug-likeness (QED) is 0.437. The normalized spacial score (nSPS) is 11.6. The third-order valence-corrected chi connectivity index (χ3v) is 4.32. The Labute approximate surface area is 165 Å². The van der Waals surface area contributed by atoms with Crippen molar-refractivity contribution in [2.24, 2.45) is 4.99 Å². The Morgan fingerprint density at radius 2 is 2.04 bits per heavy atom. The molecule has 0 unspecified atom stereocenters. The number of guanidine groups is 1. The van der Waals surface area contributed by atoms with Crippen molar-refractivity contribution in [2.75, 3.05) is 13.1 Å². The Bertz CT molecular complexity index is 866. The van der Waals surface area contributed by atoms with E-state index in [1.165, 1.54) is 11.1 Å². The van der Waals surface area contributed by atoms with Crippen molar-refractivity contribution in [3.05, 3.63) is 66.0 Å². The summed E-state index contributed by atoms with van der Waals surface area (Å²) in [6, 6.07) is 10.4. The Hall–Kier alpha value is -3.16. The topological polar surface area (TPSA) is 85.0 Å². The molecule has 0 aliphatic heterocycles. The fourth-order valence-corrected chi connectivity index (χ4v) is 2.95. The minimum absolute atomic E-state index is 0.620. The third-order valence-electron chi connectivity index (χ3n) is 4.32. The lowest BCUT2D eigenvalue weighted by atomic mass is 10.1. The number of benzene rings is 1. The van der Waals surface area contributed by atoms with E-state index in [0.29, 0.717) is 6.54 Å². The van der Waals surface area contributed by atoms with Gasteiger partial charge in [0, 0.05) is 38.4 Å². The maximum Gasteiger partial charge on any atom is 0.191 e. The molecule has 3 aromatic rings. The van der Waals surface area contributed by atoms with Crippen LogP contribution in [0.1, 0.15) is 30.8 Å². The lowest BCUT2D eigenvalue weighted by Gasteiger charge is -2.12. The zero-order chi connectivity index (χ0) is 19.6. The number of aliphatic imine (C=N–C) groups is 1. The average molecular weight is 381 g/mol. The molecule has 0 fully saturated rings. The first-order chi connectivity index (χ1) is 13.8. The Kier molecular flexibility index (Phi) is 7.17. The van der Waals surface area contributed by atoms with Gasteiger partial charge in [-0.3, -0.25) is 4.68 Å². The third kappa shape index (κ3) is 5.67. The molecule has 0 saturated heterocycles. The highest BCUT2D eigenvalue weighted by Crippen LogP contribution is 2.08. The van der Waals surface area contributed by atoms with Gasteiger partial charge in [-0.25, -0.2) is 4.99 Å². The first kappa shape index (κ1) is 19.6. The molecule has 0 radical (unpaired) electrons. The predicted molar refractivity (Wildman–Crippen MR) is 110 cm³/mol. The first-order valence-electron chi connectivity index (χ1n) is 9.72. The van der Waals surface area contributed by atoms with E-state index in [9.17, 15) is 0 Å². The summed E-state index contributed by atoms with van der Waals surface area (Å²) < 4.78 is 3.98. The predicted octanol–water partition coefficient (Wildman–Crippen LogP) is 1.84. The number of nitrogens with zero attached hydrogens (tertiary/aromatic N) is 6. The highest BCUT2D eigenvalue weighted by atomic mass is 15.3. The summed E-state index contributed by atoms with van der Waals surface area (Å²) in [5, 5.41) is 19.0. The van der Waals surface area contributed by atoms with E-state index in [1.54, 1.807) is 12.5 Å². The van der Waals surface area contributed by atoms with Crippen LogP contribution in [0.25, 0.3) is 0 Å². The van der Waals surface area contributed by atoms with Gasteiger partial charge in [-0.2, -0.15) is 5.10 Å². The summed E-state index contributed by atoms with van der Waals surface area (Å²) in [4.78, 5) is 4.71. The van der Waals surface area contributed by atoms with Crippen molar-refractivity contribution in [3.8, 4) is 0 Å². The van der Waals surface area contributed by atoms with E-state index in [-0.39, 0.29) is 0 Å². The minimum atomic E-state index is 0.620. The van der Waals surface area contributed by atoms with Crippen molar-refractivity contribution >= 4 is 5.96 Å². The van der Waals surface area contributed by atoms with Crippen molar-refractivity contribution in [1.29, 1.82) is 0 Å². The Morgan fingerprint density at radius 3 is 2.82 bits per heavy atom. The fourth-order valence-electron chi connectivity index (χ4n) is 2.95. The van der Waals surface area contributed by atoms with Gasteiger partial charge in [0.15, 0.2) is 5.96 Å². The van der Waals surface area contributed by atoms with Gasteiger partial charge in [0.05, 0.1) is 13.1 Å². The molecule has 1 aromatic carbocycles. The Balaban J connectivity index is 1.56. The van der Waals surface area contributed by atoms with Crippen molar-refractivity contribution in [2.45, 2.75) is 39.9 Å². The van der Waals surface area contributed by atoms with E-state index >= 15 is 0 Å². The molecule has 148 valence electrons. The molecule has 3 rings (SSSR count). The Morgan fingerprint density at radius 1 is 1.14 bits per heavy atom. The summed E-state index contributed by atoms with van der Waals surface area (Å²) in [5.41, 5.74) is 2.39. The molecular formula is C20H28N8. The van der Waals surface area contributed by atoms with Crippen LogP contribution in [0.15, 0.2) is 54.0 Å². The summed E-state index contributed by atoms with van der Waals surface area (Å²) in [5.74, 6) is 1.81. The van der Waals surface area contributed by atoms with E-state index in [4.69, 9.17) is 4.99 Å². The second kappa shape index (κ2) is 10.2. The van der Waals surface area contributed by atoms with Gasteiger partial charge in [-0.05, 0) is 24.1 Å². The second-order valence-corrected chi connectivity index (χ2v) is 6.44. The van der Waals surface area contributed by atoms with Gasteiger partial charge in [0.25, 0.3) is 0 Å². The SMILES string of the molecule is CCNC(=NCc1cccc(Cn2cccn2)c1)NCCn1cnnc1CC. The van der Waals surface area contributed by atoms with Crippen LogP contribution in [-0.4, -0.2) is 43.6 Å². The molecule has 0 saturated carbocycles. The molecule has 8 nitrogen and oxygen atoms in total. The first-order valence-corrected chi connectivity index (χ1v) is 9.72. The number of hydrogen-bond acceptors (Lipinski definition) is 4. The lowest BCUT2D eigenvalue weighted by Crippen LogP contribution is -2.38. The van der Waals surface area contributed by atoms with Gasteiger partial charge >= 0.3 is 0 Å². The maximum absolute atomic E-state index is 4.71. The standard InChI is InChI=1S/C20H28N8/c1-3-19-26-24-16-27(19)12-10-22-20(21-4-2)23-14-17-7-5-8-18(13-17)15-28-11-6-9-25-28/h5-9,11,13,16H,3-4,10,12,14-15H2,1-2H3,(H2,21,22,23). The monoisotopic (exact) mass is 380 g/mol. The number of aromatic nitrogens is 5. The highest BCUT2D eigenvalue weighted by molar-refractivity contribution is 5.79. The van der Waals surface area contributed by atoms with Crippen LogP contribution in [-0.2, 0) is 26.1 Å². The average Bonchev–Trinajstić information content (AvgIpc) is 3.38. The molecule has 0 atom stereocenters. The second-order valence-electron chi connectivity index (χ2n) is 6.44. The molecule has 0 spiro atoms. The van der Waals surface area contributed by atoms with Gasteiger partial charge in [0.1, 0.15) is 12.2 Å². The van der Waals surface area contributed by atoms with E-state index in [2.05, 4.69) is 68.6 Å². The van der Waals surface area contributed by atoms with Gasteiger partial charge in [-0.1, -0.05) is 31.2 Å². The molecule has 8 heteroatoms. The number of nitrogens with one attached hydrogen (secondary N) is 2.